The van der Waals surface area contributed by atoms with Crippen LogP contribution in [0.25, 0.3) is 0 Å². The van der Waals surface area contributed by atoms with Crippen LogP contribution in [-0.4, -0.2) is 27.5 Å². The monoisotopic (exact) mass is 276 g/mol. The number of hydrogen-bond acceptors (Lipinski definition) is 3. The van der Waals surface area contributed by atoms with E-state index in [0.29, 0.717) is 19.4 Å². The van der Waals surface area contributed by atoms with E-state index in [1.807, 2.05) is 38.1 Å². The lowest BCUT2D eigenvalue weighted by molar-refractivity contribution is -0.127. The Morgan fingerprint density at radius 2 is 1.65 bits per heavy atom. The quantitative estimate of drug-likeness (QED) is 0.806. The molecule has 108 valence electrons. The lowest BCUT2D eigenvalue weighted by Crippen LogP contribution is -2.48. The predicted molar refractivity (Wildman–Crippen MR) is 74.8 cm³/mol. The third kappa shape index (κ3) is 2.29. The van der Waals surface area contributed by atoms with E-state index >= 15 is 0 Å². The maximum absolute atomic E-state index is 12.1. The number of rotatable bonds is 5. The van der Waals surface area contributed by atoms with Crippen LogP contribution in [0.5, 0.6) is 0 Å². The van der Waals surface area contributed by atoms with E-state index in [-0.39, 0.29) is 18.5 Å². The van der Waals surface area contributed by atoms with Gasteiger partial charge in [-0.2, -0.15) is 0 Å². The molecule has 1 saturated heterocycles. The molecule has 2 N–H and O–H groups in total. The van der Waals surface area contributed by atoms with Gasteiger partial charge in [-0.1, -0.05) is 38.1 Å². The van der Waals surface area contributed by atoms with Crippen molar-refractivity contribution in [2.24, 2.45) is 0 Å². The fourth-order valence-corrected chi connectivity index (χ4v) is 2.71. The molecule has 1 heterocycles. The zero-order valence-electron chi connectivity index (χ0n) is 11.8. The van der Waals surface area contributed by atoms with Crippen molar-refractivity contribution in [3.8, 4) is 0 Å². The fourth-order valence-electron chi connectivity index (χ4n) is 2.71. The highest BCUT2D eigenvalue weighted by atomic mass is 16.3. The first kappa shape index (κ1) is 14.5. The molecule has 0 bridgehead atoms. The summed E-state index contributed by atoms with van der Waals surface area (Å²) in [4.78, 5) is 25.7. The van der Waals surface area contributed by atoms with Crippen molar-refractivity contribution in [1.82, 2.24) is 10.2 Å². The molecule has 0 aliphatic carbocycles. The largest absolute Gasteiger partial charge is 0.392 e. The lowest BCUT2D eigenvalue weighted by atomic mass is 9.91. The maximum Gasteiger partial charge on any atom is 0.325 e. The molecule has 0 aromatic heterocycles. The molecule has 1 aliphatic heterocycles. The van der Waals surface area contributed by atoms with Gasteiger partial charge in [0.25, 0.3) is 5.91 Å². The van der Waals surface area contributed by atoms with Crippen LogP contribution in [-0.2, 0) is 17.9 Å². The van der Waals surface area contributed by atoms with Crippen LogP contribution in [0, 0.1) is 0 Å². The first-order chi connectivity index (χ1) is 9.57. The lowest BCUT2D eigenvalue weighted by Gasteiger charge is -2.33. The number of urea groups is 1. The third-order valence-electron chi connectivity index (χ3n) is 4.12. The van der Waals surface area contributed by atoms with E-state index in [4.69, 9.17) is 5.11 Å². The number of benzene rings is 1. The molecule has 1 fully saturated rings. The summed E-state index contributed by atoms with van der Waals surface area (Å²) in [6.07, 6.45) is 1.19. The van der Waals surface area contributed by atoms with E-state index in [0.717, 1.165) is 11.1 Å². The number of nitrogens with one attached hydrogen (secondary N) is 1. The van der Waals surface area contributed by atoms with Gasteiger partial charge in [-0.3, -0.25) is 10.1 Å². The van der Waals surface area contributed by atoms with Crippen LogP contribution in [0.3, 0.4) is 0 Å². The van der Waals surface area contributed by atoms with Gasteiger partial charge in [-0.25, -0.2) is 4.79 Å². The first-order valence-electron chi connectivity index (χ1n) is 6.89. The average Bonchev–Trinajstić information content (AvgIpc) is 2.71. The molecule has 1 aliphatic rings. The number of carbonyl (C=O) groups excluding carboxylic acids is 2. The summed E-state index contributed by atoms with van der Waals surface area (Å²) in [5.41, 5.74) is 1.03. The zero-order chi connectivity index (χ0) is 14.8. The molecule has 5 nitrogen and oxygen atoms in total. The Balaban J connectivity index is 2.25. The molecule has 0 spiro atoms. The number of aliphatic hydroxyl groups excluding tert-OH is 1. The molecular formula is C15H20N2O3. The minimum Gasteiger partial charge on any atom is -0.392 e. The number of amides is 3. The molecule has 1 aromatic rings. The number of nitrogens with zero attached hydrogens (tertiary/aromatic N) is 1. The van der Waals surface area contributed by atoms with Crippen LogP contribution in [0.1, 0.15) is 37.8 Å². The summed E-state index contributed by atoms with van der Waals surface area (Å²) < 4.78 is 0. The van der Waals surface area contributed by atoms with Crippen molar-refractivity contribution >= 4 is 11.9 Å². The SMILES string of the molecule is CCC1(CC)C(=O)NC(=O)N1Cc1ccc(CO)cc1. The van der Waals surface area contributed by atoms with Gasteiger partial charge in [-0.15, -0.1) is 0 Å². The van der Waals surface area contributed by atoms with Gasteiger partial charge < -0.3 is 10.0 Å². The second-order valence-electron chi connectivity index (χ2n) is 5.06. The Hall–Kier alpha value is -1.88. The standard InChI is InChI=1S/C15H20N2O3/c1-3-15(4-2)13(19)16-14(20)17(15)9-11-5-7-12(10-18)8-6-11/h5-8,18H,3-4,9-10H2,1-2H3,(H,16,19,20). The molecule has 0 saturated carbocycles. The van der Waals surface area contributed by atoms with Crippen LogP contribution in [0.2, 0.25) is 0 Å². The molecular weight excluding hydrogens is 256 g/mol. The number of hydrogen-bond donors (Lipinski definition) is 2. The molecule has 3 amide bonds. The number of imide groups is 1. The normalized spacial score (nSPS) is 17.4. The van der Waals surface area contributed by atoms with Crippen molar-refractivity contribution in [3.05, 3.63) is 35.4 Å². The van der Waals surface area contributed by atoms with Gasteiger partial charge in [0.05, 0.1) is 6.61 Å². The minimum absolute atomic E-state index is 0.00315. The van der Waals surface area contributed by atoms with Gasteiger partial charge >= 0.3 is 6.03 Å². The molecule has 1 aromatic carbocycles. The first-order valence-corrected chi connectivity index (χ1v) is 6.89. The summed E-state index contributed by atoms with van der Waals surface area (Å²) >= 11 is 0. The van der Waals surface area contributed by atoms with Crippen LogP contribution >= 0.6 is 0 Å². The summed E-state index contributed by atoms with van der Waals surface area (Å²) in [6.45, 7) is 4.23. The Morgan fingerprint density at radius 1 is 1.10 bits per heavy atom. The van der Waals surface area contributed by atoms with Crippen LogP contribution in [0.4, 0.5) is 4.79 Å². The molecule has 5 heteroatoms. The maximum atomic E-state index is 12.1. The highest BCUT2D eigenvalue weighted by Crippen LogP contribution is 2.30. The van der Waals surface area contributed by atoms with Gasteiger partial charge in [0, 0.05) is 6.54 Å². The predicted octanol–water partition coefficient (Wildman–Crippen LogP) is 1.79. The van der Waals surface area contributed by atoms with Gasteiger partial charge in [0.2, 0.25) is 0 Å². The van der Waals surface area contributed by atoms with Crippen molar-refractivity contribution in [2.45, 2.75) is 45.4 Å². The minimum atomic E-state index is -0.743. The molecule has 20 heavy (non-hydrogen) atoms. The fraction of sp³-hybridized carbons (Fsp3) is 0.467. The topological polar surface area (TPSA) is 69.6 Å². The van der Waals surface area contributed by atoms with Crippen molar-refractivity contribution in [3.63, 3.8) is 0 Å². The Kier molecular flexibility index (Phi) is 4.09. The van der Waals surface area contributed by atoms with Crippen molar-refractivity contribution in [2.75, 3.05) is 0 Å². The highest BCUT2D eigenvalue weighted by molar-refractivity contribution is 6.06. The number of aliphatic hydroxyl groups is 1. The summed E-state index contributed by atoms with van der Waals surface area (Å²) in [7, 11) is 0. The van der Waals surface area contributed by atoms with E-state index in [1.54, 1.807) is 4.90 Å². The summed E-state index contributed by atoms with van der Waals surface area (Å²) in [5.74, 6) is -0.209. The molecule has 0 atom stereocenters. The Bertz CT molecular complexity index is 506. The molecule has 0 radical (unpaired) electrons. The second kappa shape index (κ2) is 5.63. The highest BCUT2D eigenvalue weighted by Gasteiger charge is 2.50. The van der Waals surface area contributed by atoms with Gasteiger partial charge in [-0.05, 0) is 24.0 Å². The second-order valence-corrected chi connectivity index (χ2v) is 5.06. The van der Waals surface area contributed by atoms with Crippen LogP contribution < -0.4 is 5.32 Å². The average molecular weight is 276 g/mol. The summed E-state index contributed by atoms with van der Waals surface area (Å²) in [6, 6.07) is 7.06. The molecule has 2 rings (SSSR count). The van der Waals surface area contributed by atoms with Crippen molar-refractivity contribution in [1.29, 1.82) is 0 Å². The van der Waals surface area contributed by atoms with E-state index in [1.165, 1.54) is 0 Å². The van der Waals surface area contributed by atoms with Crippen LogP contribution in [0.15, 0.2) is 24.3 Å². The van der Waals surface area contributed by atoms with Gasteiger partial charge in [0.15, 0.2) is 0 Å². The van der Waals surface area contributed by atoms with E-state index in [9.17, 15) is 9.59 Å². The van der Waals surface area contributed by atoms with Gasteiger partial charge in [0.1, 0.15) is 5.54 Å². The van der Waals surface area contributed by atoms with E-state index in [2.05, 4.69) is 5.32 Å². The smallest absolute Gasteiger partial charge is 0.325 e. The summed E-state index contributed by atoms with van der Waals surface area (Å²) in [5, 5.41) is 11.4. The Labute approximate surface area is 118 Å². The zero-order valence-corrected chi connectivity index (χ0v) is 11.8. The number of carbonyl (C=O) groups is 2. The third-order valence-corrected chi connectivity index (χ3v) is 4.12. The Morgan fingerprint density at radius 3 is 2.15 bits per heavy atom. The van der Waals surface area contributed by atoms with Crippen molar-refractivity contribution < 1.29 is 14.7 Å². The molecule has 0 unspecified atom stereocenters. The van der Waals surface area contributed by atoms with E-state index < -0.39 is 5.54 Å².